The highest BCUT2D eigenvalue weighted by atomic mass is 16.1. The third-order valence-electron chi connectivity index (χ3n) is 5.87. The van der Waals surface area contributed by atoms with Crippen LogP contribution in [-0.4, -0.2) is 59.6 Å². The molecule has 6 heteroatoms. The Morgan fingerprint density at radius 2 is 2.04 bits per heavy atom. The minimum Gasteiger partial charge on any atom is -0.356 e. The van der Waals surface area contributed by atoms with Gasteiger partial charge < -0.3 is 19.7 Å². The molecule has 1 aromatic carbocycles. The molecule has 154 valence electrons. The minimum atomic E-state index is 0.0484. The molecule has 6 nitrogen and oxygen atoms in total. The number of hydrogen-bond acceptors (Lipinski definition) is 4. The summed E-state index contributed by atoms with van der Waals surface area (Å²) in [4.78, 5) is 22.3. The second-order valence-corrected chi connectivity index (χ2v) is 7.60. The highest BCUT2D eigenvalue weighted by Crippen LogP contribution is 2.27. The van der Waals surface area contributed by atoms with Crippen LogP contribution in [0.3, 0.4) is 0 Å². The first-order chi connectivity index (χ1) is 13.7. The molecule has 1 aliphatic heterocycles. The number of amides is 1. The van der Waals surface area contributed by atoms with Gasteiger partial charge in [0.1, 0.15) is 0 Å². The molecule has 1 atom stereocenters. The smallest absolute Gasteiger partial charge is 0.224 e. The molecule has 28 heavy (non-hydrogen) atoms. The number of anilines is 1. The highest BCUT2D eigenvalue weighted by Gasteiger charge is 2.28. The third-order valence-corrected chi connectivity index (χ3v) is 5.87. The lowest BCUT2D eigenvalue weighted by molar-refractivity contribution is -0.125. The maximum absolute atomic E-state index is 12.7. The van der Waals surface area contributed by atoms with E-state index in [1.54, 1.807) is 0 Å². The molecule has 1 amide bonds. The Morgan fingerprint density at radius 1 is 1.25 bits per heavy atom. The zero-order valence-corrected chi connectivity index (χ0v) is 17.7. The molecule has 1 aromatic heterocycles. The number of fused-ring (bicyclic) bond motifs is 1. The van der Waals surface area contributed by atoms with Gasteiger partial charge >= 0.3 is 0 Å². The minimum absolute atomic E-state index is 0.0484. The monoisotopic (exact) mass is 385 g/mol. The van der Waals surface area contributed by atoms with Crippen LogP contribution in [0.25, 0.3) is 11.0 Å². The molecule has 0 bridgehead atoms. The largest absolute Gasteiger partial charge is 0.356 e. The Morgan fingerprint density at radius 3 is 2.79 bits per heavy atom. The predicted molar refractivity (Wildman–Crippen MR) is 116 cm³/mol. The number of aryl methyl sites for hydroxylation is 1. The normalized spacial score (nSPS) is 17.4. The van der Waals surface area contributed by atoms with Crippen molar-refractivity contribution in [2.24, 2.45) is 5.92 Å². The van der Waals surface area contributed by atoms with E-state index >= 15 is 0 Å². The van der Waals surface area contributed by atoms with E-state index in [1.807, 2.05) is 6.07 Å². The molecule has 1 aliphatic rings. The summed E-state index contributed by atoms with van der Waals surface area (Å²) in [6.07, 6.45) is 3.00. The van der Waals surface area contributed by atoms with Gasteiger partial charge in [-0.05, 0) is 58.0 Å². The van der Waals surface area contributed by atoms with Crippen LogP contribution >= 0.6 is 0 Å². The van der Waals surface area contributed by atoms with Gasteiger partial charge in [-0.25, -0.2) is 4.98 Å². The van der Waals surface area contributed by atoms with Crippen LogP contribution < -0.4 is 10.2 Å². The van der Waals surface area contributed by atoms with E-state index in [0.29, 0.717) is 0 Å². The number of nitrogens with zero attached hydrogens (tertiary/aromatic N) is 4. The molecular weight excluding hydrogens is 350 g/mol. The summed E-state index contributed by atoms with van der Waals surface area (Å²) >= 11 is 0. The first kappa shape index (κ1) is 20.6. The highest BCUT2D eigenvalue weighted by molar-refractivity contribution is 5.81. The van der Waals surface area contributed by atoms with Gasteiger partial charge in [0.05, 0.1) is 17.0 Å². The zero-order valence-electron chi connectivity index (χ0n) is 17.7. The molecule has 0 aliphatic carbocycles. The first-order valence-corrected chi connectivity index (χ1v) is 10.9. The molecule has 1 fully saturated rings. The molecule has 2 heterocycles. The van der Waals surface area contributed by atoms with Crippen molar-refractivity contribution in [3.63, 3.8) is 0 Å². The predicted octanol–water partition coefficient (Wildman–Crippen LogP) is 3.12. The maximum atomic E-state index is 12.7. The molecular formula is C22H35N5O. The summed E-state index contributed by atoms with van der Waals surface area (Å²) in [6.45, 7) is 13.1. The average molecular weight is 386 g/mol. The summed E-state index contributed by atoms with van der Waals surface area (Å²) in [6, 6.07) is 8.28. The van der Waals surface area contributed by atoms with Crippen LogP contribution in [0.4, 0.5) is 5.95 Å². The molecule has 1 N–H and O–H groups in total. The number of benzene rings is 1. The fourth-order valence-electron chi connectivity index (χ4n) is 4.19. The number of carbonyl (C=O) groups is 1. The van der Waals surface area contributed by atoms with Crippen LogP contribution in [0, 0.1) is 5.92 Å². The number of para-hydroxylation sites is 2. The Hall–Kier alpha value is -2.08. The fraction of sp³-hybridized carbons (Fsp3) is 0.636. The van der Waals surface area contributed by atoms with Gasteiger partial charge in [-0.1, -0.05) is 26.0 Å². The van der Waals surface area contributed by atoms with E-state index in [9.17, 15) is 4.79 Å². The average Bonchev–Trinajstić information content (AvgIpc) is 3.12. The first-order valence-electron chi connectivity index (χ1n) is 10.9. The fourth-order valence-corrected chi connectivity index (χ4v) is 4.19. The van der Waals surface area contributed by atoms with Crippen LogP contribution in [0.1, 0.15) is 40.0 Å². The van der Waals surface area contributed by atoms with Gasteiger partial charge in [0, 0.05) is 26.2 Å². The van der Waals surface area contributed by atoms with E-state index < -0.39 is 0 Å². The Kier molecular flexibility index (Phi) is 7.31. The molecule has 0 unspecified atom stereocenters. The SMILES string of the molecule is CCN(CC)CCCNC(=O)[C@@H]1CCCN(c2nc3ccccc3n2CC)C1. The maximum Gasteiger partial charge on any atom is 0.224 e. The van der Waals surface area contributed by atoms with Gasteiger partial charge in [0.15, 0.2) is 0 Å². The standard InChI is InChI=1S/C22H35N5O/c1-4-25(5-2)15-10-14-23-21(28)18-11-9-16-26(17-18)22-24-19-12-7-8-13-20(19)27(22)6-3/h7-8,12-13,18H,4-6,9-11,14-17H2,1-3H3,(H,23,28)/t18-/m1/s1. The molecule has 3 rings (SSSR count). The summed E-state index contributed by atoms with van der Waals surface area (Å²) in [7, 11) is 0. The van der Waals surface area contributed by atoms with Gasteiger partial charge in [0.2, 0.25) is 11.9 Å². The van der Waals surface area contributed by atoms with Crippen molar-refractivity contribution in [2.45, 2.75) is 46.6 Å². The Labute approximate surface area is 168 Å². The molecule has 0 saturated carbocycles. The van der Waals surface area contributed by atoms with Crippen molar-refractivity contribution >= 4 is 22.9 Å². The second-order valence-electron chi connectivity index (χ2n) is 7.60. The van der Waals surface area contributed by atoms with Gasteiger partial charge in [-0.3, -0.25) is 4.79 Å². The number of piperidine rings is 1. The molecule has 2 aromatic rings. The van der Waals surface area contributed by atoms with Gasteiger partial charge in [-0.2, -0.15) is 0 Å². The zero-order chi connectivity index (χ0) is 19.9. The van der Waals surface area contributed by atoms with E-state index in [1.165, 1.54) is 5.52 Å². The van der Waals surface area contributed by atoms with E-state index in [-0.39, 0.29) is 11.8 Å². The quantitative estimate of drug-likeness (QED) is 0.674. The van der Waals surface area contributed by atoms with Crippen LogP contribution in [-0.2, 0) is 11.3 Å². The van der Waals surface area contributed by atoms with E-state index in [2.05, 4.69) is 58.7 Å². The van der Waals surface area contributed by atoms with Gasteiger partial charge in [-0.15, -0.1) is 0 Å². The lowest BCUT2D eigenvalue weighted by atomic mass is 9.97. The lowest BCUT2D eigenvalue weighted by Gasteiger charge is -2.33. The topological polar surface area (TPSA) is 53.4 Å². The van der Waals surface area contributed by atoms with Crippen LogP contribution in [0.5, 0.6) is 0 Å². The van der Waals surface area contributed by atoms with Crippen LogP contribution in [0.2, 0.25) is 0 Å². The molecule has 0 spiro atoms. The number of hydrogen-bond donors (Lipinski definition) is 1. The number of imidazole rings is 1. The van der Waals surface area contributed by atoms with Crippen molar-refractivity contribution in [1.82, 2.24) is 19.8 Å². The Balaban J connectivity index is 1.59. The second kappa shape index (κ2) is 9.92. The van der Waals surface area contributed by atoms with Crippen LogP contribution in [0.15, 0.2) is 24.3 Å². The van der Waals surface area contributed by atoms with E-state index in [0.717, 1.165) is 76.5 Å². The van der Waals surface area contributed by atoms with Crippen molar-refractivity contribution < 1.29 is 4.79 Å². The van der Waals surface area contributed by atoms with Crippen molar-refractivity contribution in [3.8, 4) is 0 Å². The number of rotatable bonds is 9. The summed E-state index contributed by atoms with van der Waals surface area (Å²) in [5.41, 5.74) is 2.20. The van der Waals surface area contributed by atoms with Gasteiger partial charge in [0.25, 0.3) is 0 Å². The summed E-state index contributed by atoms with van der Waals surface area (Å²) in [5, 5.41) is 3.16. The van der Waals surface area contributed by atoms with Crippen molar-refractivity contribution in [3.05, 3.63) is 24.3 Å². The summed E-state index contributed by atoms with van der Waals surface area (Å²) < 4.78 is 2.26. The van der Waals surface area contributed by atoms with E-state index in [4.69, 9.17) is 4.98 Å². The summed E-state index contributed by atoms with van der Waals surface area (Å²) in [5.74, 6) is 1.25. The third kappa shape index (κ3) is 4.66. The molecule has 1 saturated heterocycles. The Bertz CT molecular complexity index is 767. The van der Waals surface area contributed by atoms with Crippen molar-refractivity contribution in [1.29, 1.82) is 0 Å². The number of nitrogens with one attached hydrogen (secondary N) is 1. The molecule has 0 radical (unpaired) electrons. The number of aromatic nitrogens is 2. The number of carbonyl (C=O) groups excluding carboxylic acids is 1. The van der Waals surface area contributed by atoms with Crippen molar-refractivity contribution in [2.75, 3.05) is 44.2 Å². The lowest BCUT2D eigenvalue weighted by Crippen LogP contribution is -2.44.